The molecule has 0 saturated carbocycles. The van der Waals surface area contributed by atoms with Crippen molar-refractivity contribution in [3.8, 4) is 22.6 Å². The summed E-state index contributed by atoms with van der Waals surface area (Å²) in [5, 5.41) is 12.0. The molecule has 0 unspecified atom stereocenters. The third-order valence-electron chi connectivity index (χ3n) is 5.29. The molecule has 156 valence electrons. The van der Waals surface area contributed by atoms with E-state index in [-0.39, 0.29) is 5.69 Å². The van der Waals surface area contributed by atoms with Gasteiger partial charge in [0.1, 0.15) is 5.82 Å². The Morgan fingerprint density at radius 2 is 1.81 bits per heavy atom. The fourth-order valence-corrected chi connectivity index (χ4v) is 3.73. The molecule has 5 aromatic rings. The van der Waals surface area contributed by atoms with E-state index < -0.39 is 4.92 Å². The van der Waals surface area contributed by atoms with Gasteiger partial charge in [0.25, 0.3) is 5.69 Å². The van der Waals surface area contributed by atoms with Crippen molar-refractivity contribution in [1.29, 1.82) is 0 Å². The van der Waals surface area contributed by atoms with E-state index in [9.17, 15) is 10.1 Å². The Morgan fingerprint density at radius 3 is 2.59 bits per heavy atom. The van der Waals surface area contributed by atoms with Gasteiger partial charge in [-0.15, -0.1) is 0 Å². The second-order valence-corrected chi connectivity index (χ2v) is 7.58. The van der Waals surface area contributed by atoms with Gasteiger partial charge in [0.2, 0.25) is 0 Å². The highest BCUT2D eigenvalue weighted by atomic mass is 16.6. The van der Waals surface area contributed by atoms with Crippen LogP contribution in [0.15, 0.2) is 79.0 Å². The van der Waals surface area contributed by atoms with Gasteiger partial charge in [-0.2, -0.15) is 0 Å². The minimum absolute atomic E-state index is 0.0725. The predicted molar refractivity (Wildman–Crippen MR) is 123 cm³/mol. The number of aryl methyl sites for hydroxylation is 1. The van der Waals surface area contributed by atoms with Gasteiger partial charge in [-0.25, -0.2) is 4.98 Å². The van der Waals surface area contributed by atoms with Crippen molar-refractivity contribution in [3.05, 3.63) is 106 Å². The summed E-state index contributed by atoms with van der Waals surface area (Å²) in [5.41, 5.74) is 6.28. The topological polar surface area (TPSA) is 97.6 Å². The zero-order valence-electron chi connectivity index (χ0n) is 17.3. The van der Waals surface area contributed by atoms with Gasteiger partial charge in [0.15, 0.2) is 0 Å². The number of nitrogens with zero attached hydrogens (tertiary/aromatic N) is 4. The SMILES string of the molecule is Cc1cccc(-c2[nH]c(Cc3ccc([N+](=O)[O-])cc3)nc2-c2ccc3ncccc3c2)n1. The van der Waals surface area contributed by atoms with Crippen LogP contribution in [0.4, 0.5) is 5.69 Å². The van der Waals surface area contributed by atoms with E-state index in [0.717, 1.165) is 50.6 Å². The number of hydrogen-bond donors (Lipinski definition) is 1. The number of pyridine rings is 2. The molecule has 0 radical (unpaired) electrons. The molecule has 1 N–H and O–H groups in total. The van der Waals surface area contributed by atoms with E-state index >= 15 is 0 Å². The average Bonchev–Trinajstić information content (AvgIpc) is 3.23. The number of aromatic nitrogens is 4. The first-order valence-electron chi connectivity index (χ1n) is 10.2. The van der Waals surface area contributed by atoms with E-state index in [4.69, 9.17) is 4.98 Å². The van der Waals surface area contributed by atoms with Crippen molar-refractivity contribution in [1.82, 2.24) is 19.9 Å². The highest BCUT2D eigenvalue weighted by molar-refractivity contribution is 5.86. The number of nitro benzene ring substituents is 1. The summed E-state index contributed by atoms with van der Waals surface area (Å²) in [4.78, 5) is 27.9. The van der Waals surface area contributed by atoms with Crippen molar-refractivity contribution in [3.63, 3.8) is 0 Å². The van der Waals surface area contributed by atoms with Crippen LogP contribution in [-0.4, -0.2) is 24.9 Å². The lowest BCUT2D eigenvalue weighted by Gasteiger charge is -2.05. The molecule has 0 spiro atoms. The Labute approximate surface area is 184 Å². The summed E-state index contributed by atoms with van der Waals surface area (Å²) in [5.74, 6) is 0.762. The second-order valence-electron chi connectivity index (χ2n) is 7.58. The van der Waals surface area contributed by atoms with Crippen molar-refractivity contribution in [2.45, 2.75) is 13.3 Å². The predicted octanol–water partition coefficient (Wildman–Crippen LogP) is 5.49. The van der Waals surface area contributed by atoms with Crippen LogP contribution in [-0.2, 0) is 6.42 Å². The summed E-state index contributed by atoms with van der Waals surface area (Å²) in [7, 11) is 0. The number of imidazole rings is 1. The molecule has 0 saturated heterocycles. The second kappa shape index (κ2) is 8.03. The molecule has 3 heterocycles. The van der Waals surface area contributed by atoms with Crippen molar-refractivity contribution in [2.75, 3.05) is 0 Å². The fourth-order valence-electron chi connectivity index (χ4n) is 3.73. The maximum Gasteiger partial charge on any atom is 0.269 e. The van der Waals surface area contributed by atoms with Crippen LogP contribution >= 0.6 is 0 Å². The maximum atomic E-state index is 10.9. The number of benzene rings is 2. The molecule has 0 amide bonds. The van der Waals surface area contributed by atoms with Crippen LogP contribution in [0.25, 0.3) is 33.5 Å². The van der Waals surface area contributed by atoms with E-state index in [1.54, 1.807) is 18.3 Å². The van der Waals surface area contributed by atoms with Crippen LogP contribution in [0.2, 0.25) is 0 Å². The molecule has 0 aliphatic carbocycles. The van der Waals surface area contributed by atoms with E-state index in [1.165, 1.54) is 12.1 Å². The molecule has 0 aliphatic heterocycles. The molecule has 3 aromatic heterocycles. The van der Waals surface area contributed by atoms with Gasteiger partial charge in [-0.3, -0.25) is 20.1 Å². The molecular formula is C25H19N5O2. The van der Waals surface area contributed by atoms with Gasteiger partial charge in [0, 0.05) is 41.4 Å². The maximum absolute atomic E-state index is 10.9. The van der Waals surface area contributed by atoms with Gasteiger partial charge in [-0.1, -0.05) is 30.3 Å². The summed E-state index contributed by atoms with van der Waals surface area (Å²) < 4.78 is 0. The first-order valence-corrected chi connectivity index (χ1v) is 10.2. The number of nitrogens with one attached hydrogen (secondary N) is 1. The summed E-state index contributed by atoms with van der Waals surface area (Å²) in [6, 6.07) is 22.5. The van der Waals surface area contributed by atoms with Crippen molar-refractivity contribution >= 4 is 16.6 Å². The van der Waals surface area contributed by atoms with E-state index in [1.807, 2.05) is 49.4 Å². The molecule has 0 atom stereocenters. The van der Waals surface area contributed by atoms with Crippen LogP contribution in [0, 0.1) is 17.0 Å². The number of nitro groups is 1. The number of hydrogen-bond acceptors (Lipinski definition) is 5. The summed E-state index contributed by atoms with van der Waals surface area (Å²) >= 11 is 0. The molecular weight excluding hydrogens is 402 g/mol. The van der Waals surface area contributed by atoms with Gasteiger partial charge >= 0.3 is 0 Å². The number of rotatable bonds is 5. The molecule has 32 heavy (non-hydrogen) atoms. The molecule has 0 bridgehead atoms. The molecule has 0 fully saturated rings. The Hall–Kier alpha value is -4.39. The molecule has 5 rings (SSSR count). The lowest BCUT2D eigenvalue weighted by atomic mass is 10.1. The third kappa shape index (κ3) is 3.83. The molecule has 7 heteroatoms. The third-order valence-corrected chi connectivity index (χ3v) is 5.29. The van der Waals surface area contributed by atoms with Crippen LogP contribution < -0.4 is 0 Å². The highest BCUT2D eigenvalue weighted by Crippen LogP contribution is 2.31. The number of non-ortho nitro benzene ring substituents is 1. The monoisotopic (exact) mass is 421 g/mol. The van der Waals surface area contributed by atoms with E-state index in [2.05, 4.69) is 21.0 Å². The largest absolute Gasteiger partial charge is 0.340 e. The summed E-state index contributed by atoms with van der Waals surface area (Å²) in [6.45, 7) is 1.96. The van der Waals surface area contributed by atoms with Gasteiger partial charge in [-0.05, 0) is 42.8 Å². The minimum Gasteiger partial charge on any atom is -0.340 e. The van der Waals surface area contributed by atoms with Crippen LogP contribution in [0.5, 0.6) is 0 Å². The molecule has 2 aromatic carbocycles. The number of H-pyrrole nitrogens is 1. The average molecular weight is 421 g/mol. The Kier molecular flexibility index (Phi) is 4.91. The molecule has 7 nitrogen and oxygen atoms in total. The zero-order valence-corrected chi connectivity index (χ0v) is 17.3. The van der Waals surface area contributed by atoms with Crippen LogP contribution in [0.3, 0.4) is 0 Å². The Balaban J connectivity index is 1.59. The Bertz CT molecular complexity index is 1440. The lowest BCUT2D eigenvalue weighted by Crippen LogP contribution is -1.93. The van der Waals surface area contributed by atoms with Gasteiger partial charge < -0.3 is 4.98 Å². The molecule has 0 aliphatic rings. The quantitative estimate of drug-likeness (QED) is 0.299. The van der Waals surface area contributed by atoms with Gasteiger partial charge in [0.05, 0.1) is 27.5 Å². The Morgan fingerprint density at radius 1 is 0.969 bits per heavy atom. The highest BCUT2D eigenvalue weighted by Gasteiger charge is 2.16. The number of fused-ring (bicyclic) bond motifs is 1. The van der Waals surface area contributed by atoms with E-state index in [0.29, 0.717) is 6.42 Å². The first-order chi connectivity index (χ1) is 15.6. The van der Waals surface area contributed by atoms with Crippen molar-refractivity contribution in [2.24, 2.45) is 0 Å². The standard InChI is InChI=1S/C25H19N5O2/c1-16-4-2-6-22(27-16)25-24(19-9-12-21-18(15-19)5-3-13-26-21)28-23(29-25)14-17-7-10-20(11-8-17)30(31)32/h2-13,15H,14H2,1H3,(H,28,29). The minimum atomic E-state index is -0.398. The summed E-state index contributed by atoms with van der Waals surface area (Å²) in [6.07, 6.45) is 2.30. The lowest BCUT2D eigenvalue weighted by molar-refractivity contribution is -0.384. The fraction of sp³-hybridized carbons (Fsp3) is 0.0800. The number of aromatic amines is 1. The smallest absolute Gasteiger partial charge is 0.269 e. The first kappa shape index (κ1) is 19.6. The van der Waals surface area contributed by atoms with Crippen molar-refractivity contribution < 1.29 is 4.92 Å². The zero-order chi connectivity index (χ0) is 22.1. The normalized spacial score (nSPS) is 11.0. The van der Waals surface area contributed by atoms with Crippen LogP contribution in [0.1, 0.15) is 17.1 Å².